The summed E-state index contributed by atoms with van der Waals surface area (Å²) in [6, 6.07) is 16.2. The van der Waals surface area contributed by atoms with Gasteiger partial charge in [0.1, 0.15) is 17.9 Å². The molecule has 1 aliphatic heterocycles. The molecule has 0 aliphatic carbocycles. The number of likely N-dealkylation sites (tertiary alicyclic amines) is 1. The van der Waals surface area contributed by atoms with Crippen LogP contribution in [0.25, 0.3) is 0 Å². The van der Waals surface area contributed by atoms with Gasteiger partial charge in [-0.1, -0.05) is 32.0 Å². The summed E-state index contributed by atoms with van der Waals surface area (Å²) in [5.41, 5.74) is 2.53. The first-order valence-electron chi connectivity index (χ1n) is 17.1. The highest BCUT2D eigenvalue weighted by molar-refractivity contribution is 5.86. The fourth-order valence-electron chi connectivity index (χ4n) is 5.81. The number of carbonyl (C=O) groups excluding carboxylic acids is 2. The first kappa shape index (κ1) is 42.0. The van der Waals surface area contributed by atoms with E-state index in [1.807, 2.05) is 63.2 Å². The second kappa shape index (κ2) is 22.6. The van der Waals surface area contributed by atoms with Crippen LogP contribution < -0.4 is 28.4 Å². The Labute approximate surface area is 301 Å². The molecule has 1 fully saturated rings. The summed E-state index contributed by atoms with van der Waals surface area (Å²) in [5.74, 6) is 2.77. The zero-order valence-electron chi connectivity index (χ0n) is 31.1. The molecule has 2 unspecified atom stereocenters. The predicted molar refractivity (Wildman–Crippen MR) is 194 cm³/mol. The summed E-state index contributed by atoms with van der Waals surface area (Å²) in [7, 11) is 7.80. The summed E-state index contributed by atoms with van der Waals surface area (Å²) in [4.78, 5) is 37.6. The zero-order valence-corrected chi connectivity index (χ0v) is 31.1. The molecule has 12 heteroatoms. The van der Waals surface area contributed by atoms with E-state index < -0.39 is 18.1 Å². The Morgan fingerprint density at radius 1 is 0.843 bits per heavy atom. The van der Waals surface area contributed by atoms with Crippen LogP contribution in [0.4, 0.5) is 0 Å². The molecule has 3 aromatic rings. The van der Waals surface area contributed by atoms with Gasteiger partial charge in [-0.3, -0.25) is 9.59 Å². The molecule has 0 radical (unpaired) electrons. The molecule has 280 valence electrons. The standard InChI is InChI=1S/C36H45NO9.C2H6.CH2O2/c1-7-45-27-12-10-11-26(23-27)29(16-14-24-15-17-30(40-2)31(19-24)41-3)46-36(39)28-13-8-9-18-37(28)34(38)22-25-20-32(42-4)35(44-6)33(21-25)43-5;1-2;2-1-3/h10-12,15,17,19-21,23,28-29H,7-9,13-14,16,18,22H2,1-6H3;1-2H3;1H,(H,2,3). The van der Waals surface area contributed by atoms with Crippen molar-refractivity contribution in [1.29, 1.82) is 0 Å². The average molecular weight is 712 g/mol. The number of aryl methyl sites for hydroxylation is 1. The van der Waals surface area contributed by atoms with Gasteiger partial charge in [-0.2, -0.15) is 0 Å². The number of benzene rings is 3. The van der Waals surface area contributed by atoms with Gasteiger partial charge < -0.3 is 43.2 Å². The van der Waals surface area contributed by atoms with E-state index in [9.17, 15) is 9.59 Å². The molecule has 4 rings (SSSR count). The van der Waals surface area contributed by atoms with Crippen LogP contribution in [-0.4, -0.2) is 83.1 Å². The SMILES string of the molecule is CC.CCOc1cccc(C(CCc2ccc(OC)c(OC)c2)OC(=O)C2CCCCN2C(=O)Cc2cc(OC)c(OC)c(OC)c2)c1.O=CO. The summed E-state index contributed by atoms with van der Waals surface area (Å²) < 4.78 is 39.2. The molecule has 0 aromatic heterocycles. The van der Waals surface area contributed by atoms with Crippen LogP contribution in [0.5, 0.6) is 34.5 Å². The van der Waals surface area contributed by atoms with Gasteiger partial charge in [0.05, 0.1) is 48.6 Å². The summed E-state index contributed by atoms with van der Waals surface area (Å²) in [6.45, 7) is 6.66. The molecular formula is C39H53NO11. The maximum Gasteiger partial charge on any atom is 0.329 e. The molecule has 2 atom stereocenters. The third-order valence-electron chi connectivity index (χ3n) is 8.12. The number of hydrogen-bond acceptors (Lipinski definition) is 10. The lowest BCUT2D eigenvalue weighted by Gasteiger charge is -2.35. The molecule has 0 saturated carbocycles. The van der Waals surface area contributed by atoms with Crippen molar-refractivity contribution in [2.45, 2.75) is 71.4 Å². The lowest BCUT2D eigenvalue weighted by molar-refractivity contribution is -0.162. The van der Waals surface area contributed by atoms with Crippen molar-refractivity contribution in [2.24, 2.45) is 0 Å². The van der Waals surface area contributed by atoms with Crippen LogP contribution in [0.1, 0.15) is 69.2 Å². The van der Waals surface area contributed by atoms with Gasteiger partial charge in [0, 0.05) is 6.54 Å². The normalized spacial score (nSPS) is 13.9. The van der Waals surface area contributed by atoms with Crippen molar-refractivity contribution in [3.8, 4) is 34.5 Å². The molecule has 0 bridgehead atoms. The molecule has 1 aliphatic rings. The number of esters is 1. The highest BCUT2D eigenvalue weighted by atomic mass is 16.5. The Morgan fingerprint density at radius 2 is 1.47 bits per heavy atom. The molecule has 51 heavy (non-hydrogen) atoms. The first-order valence-corrected chi connectivity index (χ1v) is 17.1. The summed E-state index contributed by atoms with van der Waals surface area (Å²) in [6.07, 6.45) is 2.80. The Balaban J connectivity index is 0.00000171. The summed E-state index contributed by atoms with van der Waals surface area (Å²) >= 11 is 0. The van der Waals surface area contributed by atoms with E-state index in [2.05, 4.69) is 0 Å². The number of nitrogens with zero attached hydrogens (tertiary/aromatic N) is 1. The predicted octanol–water partition coefficient (Wildman–Crippen LogP) is 6.70. The lowest BCUT2D eigenvalue weighted by Crippen LogP contribution is -2.49. The fourth-order valence-corrected chi connectivity index (χ4v) is 5.81. The third kappa shape index (κ3) is 12.0. The number of methoxy groups -OCH3 is 5. The Hall–Kier alpha value is -5.13. The Morgan fingerprint density at radius 3 is 2.06 bits per heavy atom. The van der Waals surface area contributed by atoms with Gasteiger partial charge >= 0.3 is 5.97 Å². The molecule has 1 heterocycles. The van der Waals surface area contributed by atoms with Crippen molar-refractivity contribution in [2.75, 3.05) is 48.7 Å². The molecule has 0 spiro atoms. The van der Waals surface area contributed by atoms with E-state index >= 15 is 0 Å². The highest BCUT2D eigenvalue weighted by Crippen LogP contribution is 2.39. The van der Waals surface area contributed by atoms with Gasteiger partial charge in [0.25, 0.3) is 6.47 Å². The van der Waals surface area contributed by atoms with Crippen LogP contribution in [0.2, 0.25) is 0 Å². The van der Waals surface area contributed by atoms with Crippen LogP contribution >= 0.6 is 0 Å². The molecule has 12 nitrogen and oxygen atoms in total. The minimum atomic E-state index is -0.693. The Bertz CT molecular complexity index is 1500. The van der Waals surface area contributed by atoms with Crippen molar-refractivity contribution in [3.63, 3.8) is 0 Å². The number of rotatable bonds is 15. The van der Waals surface area contributed by atoms with Gasteiger partial charge in [0.2, 0.25) is 11.7 Å². The molecule has 1 amide bonds. The highest BCUT2D eigenvalue weighted by Gasteiger charge is 2.35. The maximum absolute atomic E-state index is 13.9. The van der Waals surface area contributed by atoms with Crippen LogP contribution in [0, 0.1) is 0 Å². The average Bonchev–Trinajstić information content (AvgIpc) is 3.17. The van der Waals surface area contributed by atoms with Crippen molar-refractivity contribution in [3.05, 3.63) is 71.3 Å². The smallest absolute Gasteiger partial charge is 0.329 e. The lowest BCUT2D eigenvalue weighted by atomic mass is 9.99. The third-order valence-corrected chi connectivity index (χ3v) is 8.12. The Kier molecular flexibility index (Phi) is 18.6. The summed E-state index contributed by atoms with van der Waals surface area (Å²) in [5, 5.41) is 6.89. The van der Waals surface area contributed by atoms with Crippen LogP contribution in [-0.2, 0) is 32.0 Å². The first-order chi connectivity index (χ1) is 24.8. The molecule has 1 saturated heterocycles. The van der Waals surface area contributed by atoms with Gasteiger partial charge in [-0.05, 0) is 92.1 Å². The largest absolute Gasteiger partial charge is 0.494 e. The van der Waals surface area contributed by atoms with Crippen molar-refractivity contribution < 1.29 is 52.6 Å². The molecule has 3 aromatic carbocycles. The van der Waals surface area contributed by atoms with Gasteiger partial charge in [-0.15, -0.1) is 0 Å². The number of carbonyl (C=O) groups is 3. The minimum absolute atomic E-state index is 0.0691. The second-order valence-corrected chi connectivity index (χ2v) is 11.1. The van der Waals surface area contributed by atoms with E-state index in [1.165, 1.54) is 21.3 Å². The van der Waals surface area contributed by atoms with Crippen molar-refractivity contribution >= 4 is 18.3 Å². The fraction of sp³-hybridized carbons (Fsp3) is 0.462. The van der Waals surface area contributed by atoms with E-state index in [-0.39, 0.29) is 18.8 Å². The molecular weight excluding hydrogens is 658 g/mol. The van der Waals surface area contributed by atoms with Crippen LogP contribution in [0.3, 0.4) is 0 Å². The topological polar surface area (TPSA) is 139 Å². The van der Waals surface area contributed by atoms with Gasteiger partial charge in [-0.25, -0.2) is 4.79 Å². The van der Waals surface area contributed by atoms with E-state index in [0.29, 0.717) is 72.5 Å². The van der Waals surface area contributed by atoms with Gasteiger partial charge in [0.15, 0.2) is 23.0 Å². The van der Waals surface area contributed by atoms with E-state index in [1.54, 1.807) is 31.3 Å². The number of hydrogen-bond donors (Lipinski definition) is 1. The quantitative estimate of drug-likeness (QED) is 0.133. The zero-order chi connectivity index (χ0) is 37.8. The number of amides is 1. The number of carboxylic acid groups (broad SMARTS) is 1. The van der Waals surface area contributed by atoms with E-state index in [0.717, 1.165) is 24.0 Å². The van der Waals surface area contributed by atoms with E-state index in [4.69, 9.17) is 43.1 Å². The van der Waals surface area contributed by atoms with Crippen LogP contribution in [0.15, 0.2) is 54.6 Å². The minimum Gasteiger partial charge on any atom is -0.494 e. The number of ether oxygens (including phenoxy) is 7. The molecule has 1 N–H and O–H groups in total. The maximum atomic E-state index is 13.9. The monoisotopic (exact) mass is 711 g/mol. The second-order valence-electron chi connectivity index (χ2n) is 11.1. The number of piperidine rings is 1. The van der Waals surface area contributed by atoms with Crippen molar-refractivity contribution in [1.82, 2.24) is 4.90 Å².